The molecule has 0 amide bonds. The Balaban J connectivity index is 2.22. The van der Waals surface area contributed by atoms with Crippen molar-refractivity contribution < 1.29 is 9.15 Å². The molecule has 1 aromatic carbocycles. The lowest BCUT2D eigenvalue weighted by atomic mass is 10.00. The van der Waals surface area contributed by atoms with Gasteiger partial charge in [0.15, 0.2) is 0 Å². The second kappa shape index (κ2) is 5.55. The number of benzene rings is 1. The van der Waals surface area contributed by atoms with Gasteiger partial charge in [0.2, 0.25) is 0 Å². The van der Waals surface area contributed by atoms with Gasteiger partial charge in [0, 0.05) is 11.6 Å². The molecule has 0 saturated carbocycles. The number of para-hydroxylation sites is 1. The van der Waals surface area contributed by atoms with Gasteiger partial charge in [0.1, 0.15) is 5.75 Å². The van der Waals surface area contributed by atoms with E-state index in [0.717, 1.165) is 12.2 Å². The molecule has 0 radical (unpaired) electrons. The van der Waals surface area contributed by atoms with Gasteiger partial charge in [-0.05, 0) is 31.2 Å². The van der Waals surface area contributed by atoms with E-state index in [1.807, 2.05) is 31.3 Å². The fourth-order valence-electron chi connectivity index (χ4n) is 1.97. The molecule has 0 aliphatic rings. The number of hydrogen-bond donors (Lipinski definition) is 1. The molecule has 2 aromatic rings. The maximum atomic E-state index is 5.38. The summed E-state index contributed by atoms with van der Waals surface area (Å²) in [6, 6.07) is 10.3. The zero-order chi connectivity index (χ0) is 12.1. The van der Waals surface area contributed by atoms with Crippen LogP contribution in [0.4, 0.5) is 0 Å². The first-order valence-corrected chi connectivity index (χ1v) is 5.66. The molecule has 17 heavy (non-hydrogen) atoms. The van der Waals surface area contributed by atoms with E-state index in [-0.39, 0.29) is 6.04 Å². The molecule has 0 aliphatic carbocycles. The Morgan fingerprint density at radius 3 is 2.76 bits per heavy atom. The number of ether oxygens (including phenoxy) is 1. The minimum absolute atomic E-state index is 0.226. The number of hydrogen-bond acceptors (Lipinski definition) is 3. The summed E-state index contributed by atoms with van der Waals surface area (Å²) in [5.74, 6) is 0.912. The van der Waals surface area contributed by atoms with Crippen LogP contribution in [0.3, 0.4) is 0 Å². The molecule has 3 nitrogen and oxygen atoms in total. The zero-order valence-corrected chi connectivity index (χ0v) is 10.1. The van der Waals surface area contributed by atoms with Crippen LogP contribution in [0.15, 0.2) is 47.3 Å². The van der Waals surface area contributed by atoms with E-state index < -0.39 is 0 Å². The number of methoxy groups -OCH3 is 1. The van der Waals surface area contributed by atoms with E-state index in [1.54, 1.807) is 19.6 Å². The number of likely N-dealkylation sites (N-methyl/N-ethyl adjacent to an activating group) is 1. The minimum atomic E-state index is 0.226. The van der Waals surface area contributed by atoms with Crippen molar-refractivity contribution in [3.63, 3.8) is 0 Å². The van der Waals surface area contributed by atoms with Crippen LogP contribution in [-0.2, 0) is 6.42 Å². The molecule has 3 heteroatoms. The van der Waals surface area contributed by atoms with Gasteiger partial charge in [-0.1, -0.05) is 18.2 Å². The maximum absolute atomic E-state index is 5.38. The fraction of sp³-hybridized carbons (Fsp3) is 0.286. The number of rotatable bonds is 5. The zero-order valence-electron chi connectivity index (χ0n) is 10.1. The van der Waals surface area contributed by atoms with Gasteiger partial charge in [-0.25, -0.2) is 0 Å². The van der Waals surface area contributed by atoms with Gasteiger partial charge in [-0.2, -0.15) is 0 Å². The first-order chi connectivity index (χ1) is 8.35. The van der Waals surface area contributed by atoms with Crippen LogP contribution < -0.4 is 10.1 Å². The van der Waals surface area contributed by atoms with Gasteiger partial charge < -0.3 is 14.5 Å². The van der Waals surface area contributed by atoms with E-state index in [1.165, 1.54) is 11.1 Å². The highest BCUT2D eigenvalue weighted by Gasteiger charge is 2.14. The topological polar surface area (TPSA) is 34.4 Å². The van der Waals surface area contributed by atoms with E-state index in [4.69, 9.17) is 9.15 Å². The molecule has 1 N–H and O–H groups in total. The van der Waals surface area contributed by atoms with E-state index in [2.05, 4.69) is 11.4 Å². The first-order valence-electron chi connectivity index (χ1n) is 5.66. The monoisotopic (exact) mass is 231 g/mol. The van der Waals surface area contributed by atoms with Crippen molar-refractivity contribution in [3.8, 4) is 5.75 Å². The molecule has 0 spiro atoms. The molecule has 0 fully saturated rings. The number of nitrogens with one attached hydrogen (secondary N) is 1. The van der Waals surface area contributed by atoms with Crippen molar-refractivity contribution in [2.45, 2.75) is 12.5 Å². The Hall–Kier alpha value is -1.74. The SMILES string of the molecule is CNC(Cc1ccoc1)c1ccccc1OC. The average Bonchev–Trinajstić information content (AvgIpc) is 2.89. The molecule has 0 bridgehead atoms. The van der Waals surface area contributed by atoms with Crippen molar-refractivity contribution in [2.75, 3.05) is 14.2 Å². The predicted octanol–water partition coefficient (Wildman–Crippen LogP) is 2.79. The standard InChI is InChI=1S/C14H17NO2/c1-15-13(9-11-7-8-17-10-11)12-5-3-4-6-14(12)16-2/h3-8,10,13,15H,9H2,1-2H3. The van der Waals surface area contributed by atoms with Crippen LogP contribution in [0.2, 0.25) is 0 Å². The van der Waals surface area contributed by atoms with Gasteiger partial charge in [0.05, 0.1) is 19.6 Å². The maximum Gasteiger partial charge on any atom is 0.123 e. The minimum Gasteiger partial charge on any atom is -0.496 e. The van der Waals surface area contributed by atoms with Crippen LogP contribution in [0, 0.1) is 0 Å². The number of furan rings is 1. The highest BCUT2D eigenvalue weighted by molar-refractivity contribution is 5.36. The summed E-state index contributed by atoms with van der Waals surface area (Å²) < 4.78 is 10.5. The van der Waals surface area contributed by atoms with Crippen LogP contribution in [0.5, 0.6) is 5.75 Å². The predicted molar refractivity (Wildman–Crippen MR) is 67.2 cm³/mol. The quantitative estimate of drug-likeness (QED) is 0.859. The van der Waals surface area contributed by atoms with Crippen LogP contribution in [-0.4, -0.2) is 14.2 Å². The van der Waals surface area contributed by atoms with Crippen molar-refractivity contribution in [2.24, 2.45) is 0 Å². The highest BCUT2D eigenvalue weighted by atomic mass is 16.5. The van der Waals surface area contributed by atoms with Gasteiger partial charge >= 0.3 is 0 Å². The van der Waals surface area contributed by atoms with Crippen LogP contribution in [0.25, 0.3) is 0 Å². The first kappa shape index (κ1) is 11.7. The summed E-state index contributed by atoms with van der Waals surface area (Å²) in [6.07, 6.45) is 4.36. The lowest BCUT2D eigenvalue weighted by Crippen LogP contribution is -2.19. The van der Waals surface area contributed by atoms with Crippen molar-refractivity contribution in [1.29, 1.82) is 0 Å². The van der Waals surface area contributed by atoms with Gasteiger partial charge in [-0.3, -0.25) is 0 Å². The van der Waals surface area contributed by atoms with Crippen molar-refractivity contribution >= 4 is 0 Å². The normalized spacial score (nSPS) is 12.4. The summed E-state index contributed by atoms with van der Waals surface area (Å²) in [5, 5.41) is 3.31. The average molecular weight is 231 g/mol. The van der Waals surface area contributed by atoms with Gasteiger partial charge in [-0.15, -0.1) is 0 Å². The molecule has 1 unspecified atom stereocenters. The molecule has 0 saturated heterocycles. The second-order valence-corrected chi connectivity index (χ2v) is 3.92. The molecular weight excluding hydrogens is 214 g/mol. The largest absolute Gasteiger partial charge is 0.496 e. The summed E-state index contributed by atoms with van der Waals surface area (Å²) in [4.78, 5) is 0. The summed E-state index contributed by atoms with van der Waals surface area (Å²) in [7, 11) is 3.65. The second-order valence-electron chi connectivity index (χ2n) is 3.92. The van der Waals surface area contributed by atoms with Crippen molar-refractivity contribution in [3.05, 3.63) is 54.0 Å². The van der Waals surface area contributed by atoms with Crippen LogP contribution >= 0.6 is 0 Å². The Morgan fingerprint density at radius 2 is 2.12 bits per heavy atom. The Kier molecular flexibility index (Phi) is 3.83. The smallest absolute Gasteiger partial charge is 0.123 e. The third-order valence-corrected chi connectivity index (χ3v) is 2.88. The lowest BCUT2D eigenvalue weighted by molar-refractivity contribution is 0.401. The molecule has 1 heterocycles. The van der Waals surface area contributed by atoms with E-state index in [0.29, 0.717) is 0 Å². The Bertz CT molecular complexity index is 451. The summed E-state index contributed by atoms with van der Waals surface area (Å²) in [5.41, 5.74) is 2.34. The molecule has 2 rings (SSSR count). The van der Waals surface area contributed by atoms with E-state index in [9.17, 15) is 0 Å². The molecule has 0 aliphatic heterocycles. The molecule has 1 atom stereocenters. The third-order valence-electron chi connectivity index (χ3n) is 2.88. The van der Waals surface area contributed by atoms with Crippen molar-refractivity contribution in [1.82, 2.24) is 5.32 Å². The molecular formula is C14H17NO2. The van der Waals surface area contributed by atoms with Gasteiger partial charge in [0.25, 0.3) is 0 Å². The van der Waals surface area contributed by atoms with E-state index >= 15 is 0 Å². The Morgan fingerprint density at radius 1 is 1.29 bits per heavy atom. The Labute approximate surface area is 101 Å². The summed E-state index contributed by atoms with van der Waals surface area (Å²) in [6.45, 7) is 0. The molecule has 90 valence electrons. The fourth-order valence-corrected chi connectivity index (χ4v) is 1.97. The third kappa shape index (κ3) is 2.68. The lowest BCUT2D eigenvalue weighted by Gasteiger charge is -2.18. The molecule has 1 aromatic heterocycles. The van der Waals surface area contributed by atoms with Crippen LogP contribution in [0.1, 0.15) is 17.2 Å². The highest BCUT2D eigenvalue weighted by Crippen LogP contribution is 2.27. The summed E-state index contributed by atoms with van der Waals surface area (Å²) >= 11 is 0.